The summed E-state index contributed by atoms with van der Waals surface area (Å²) >= 11 is 0. The first-order chi connectivity index (χ1) is 10.2. The van der Waals surface area contributed by atoms with Crippen molar-refractivity contribution in [1.29, 1.82) is 0 Å². The Kier molecular flexibility index (Phi) is 10.6. The van der Waals surface area contributed by atoms with Crippen molar-refractivity contribution in [1.82, 2.24) is 15.5 Å². The van der Waals surface area contributed by atoms with Crippen LogP contribution in [0.3, 0.4) is 0 Å². The average Bonchev–Trinajstić information content (AvgIpc) is 2.48. The fourth-order valence-corrected chi connectivity index (χ4v) is 2.27. The normalized spacial score (nSPS) is 14.1. The minimum atomic E-state index is -0.129. The summed E-state index contributed by atoms with van der Waals surface area (Å²) < 4.78 is 0. The van der Waals surface area contributed by atoms with Gasteiger partial charge in [0.1, 0.15) is 0 Å². The van der Waals surface area contributed by atoms with Crippen molar-refractivity contribution in [2.75, 3.05) is 44.6 Å². The first-order valence-electron chi connectivity index (χ1n) is 7.30. The number of nitrogens with zero attached hydrogens (tertiary/aromatic N) is 1. The quantitative estimate of drug-likeness (QED) is 0.733. The van der Waals surface area contributed by atoms with Crippen molar-refractivity contribution in [2.24, 2.45) is 0 Å². The Morgan fingerprint density at radius 3 is 2.57 bits per heavy atom. The van der Waals surface area contributed by atoms with Crippen molar-refractivity contribution >= 4 is 42.3 Å². The van der Waals surface area contributed by atoms with Gasteiger partial charge in [-0.1, -0.05) is 6.07 Å². The van der Waals surface area contributed by atoms with Crippen LogP contribution >= 0.6 is 24.8 Å². The van der Waals surface area contributed by atoms with Crippen molar-refractivity contribution in [3.63, 3.8) is 0 Å². The SMILES string of the molecule is CCNC(=O)c1cccc(NC(=O)CN2CCNCC2)c1.Cl.Cl. The Hall–Kier alpha value is -1.34. The minimum absolute atomic E-state index is 0. The largest absolute Gasteiger partial charge is 0.352 e. The molecule has 0 aromatic heterocycles. The summed E-state index contributed by atoms with van der Waals surface area (Å²) in [5.41, 5.74) is 1.20. The van der Waals surface area contributed by atoms with Crippen molar-refractivity contribution < 1.29 is 9.59 Å². The zero-order valence-corrected chi connectivity index (χ0v) is 14.8. The van der Waals surface area contributed by atoms with Crippen LogP contribution in [0.1, 0.15) is 17.3 Å². The maximum absolute atomic E-state index is 12.0. The topological polar surface area (TPSA) is 73.5 Å². The summed E-state index contributed by atoms with van der Waals surface area (Å²) in [5, 5.41) is 8.84. The summed E-state index contributed by atoms with van der Waals surface area (Å²) in [6, 6.07) is 6.99. The van der Waals surface area contributed by atoms with Gasteiger partial charge in [-0.25, -0.2) is 0 Å². The van der Waals surface area contributed by atoms with Gasteiger partial charge in [-0.3, -0.25) is 14.5 Å². The van der Waals surface area contributed by atoms with Gasteiger partial charge in [0.2, 0.25) is 5.91 Å². The summed E-state index contributed by atoms with van der Waals surface area (Å²) in [6.07, 6.45) is 0. The molecule has 8 heteroatoms. The number of piperazine rings is 1. The molecule has 2 rings (SSSR count). The molecule has 23 heavy (non-hydrogen) atoms. The fourth-order valence-electron chi connectivity index (χ4n) is 2.27. The van der Waals surface area contributed by atoms with Crippen LogP contribution in [0.4, 0.5) is 5.69 Å². The third-order valence-corrected chi connectivity index (χ3v) is 3.32. The molecule has 2 amide bonds. The number of benzene rings is 1. The monoisotopic (exact) mass is 362 g/mol. The molecule has 1 saturated heterocycles. The van der Waals surface area contributed by atoms with Crippen LogP contribution in [0.15, 0.2) is 24.3 Å². The van der Waals surface area contributed by atoms with E-state index in [1.807, 2.05) is 6.92 Å². The lowest BCUT2D eigenvalue weighted by Gasteiger charge is -2.26. The molecule has 0 spiro atoms. The zero-order chi connectivity index (χ0) is 15.1. The van der Waals surface area contributed by atoms with Gasteiger partial charge in [0.15, 0.2) is 0 Å². The van der Waals surface area contributed by atoms with Crippen LogP contribution in [0.2, 0.25) is 0 Å². The number of anilines is 1. The number of amides is 2. The molecule has 0 radical (unpaired) electrons. The van der Waals surface area contributed by atoms with E-state index in [0.717, 1.165) is 26.2 Å². The van der Waals surface area contributed by atoms with Crippen molar-refractivity contribution in [2.45, 2.75) is 6.92 Å². The minimum Gasteiger partial charge on any atom is -0.352 e. The molecule has 0 bridgehead atoms. The molecule has 1 aromatic carbocycles. The van der Waals surface area contributed by atoms with Crippen LogP contribution in [0, 0.1) is 0 Å². The predicted octanol–water partition coefficient (Wildman–Crippen LogP) is 1.12. The highest BCUT2D eigenvalue weighted by molar-refractivity contribution is 5.97. The summed E-state index contributed by atoms with van der Waals surface area (Å²) in [4.78, 5) is 25.9. The second-order valence-corrected chi connectivity index (χ2v) is 5.01. The molecule has 1 fully saturated rings. The standard InChI is InChI=1S/C15H22N4O2.2ClH/c1-2-17-15(21)12-4-3-5-13(10-12)18-14(20)11-19-8-6-16-7-9-19;;/h3-5,10,16H,2,6-9,11H2,1H3,(H,17,21)(H,18,20);2*1H. The predicted molar refractivity (Wildman–Crippen MR) is 96.9 cm³/mol. The van der Waals surface area contributed by atoms with Gasteiger partial charge in [-0.15, -0.1) is 24.8 Å². The third kappa shape index (κ3) is 7.18. The fraction of sp³-hybridized carbons (Fsp3) is 0.467. The smallest absolute Gasteiger partial charge is 0.251 e. The molecule has 1 aliphatic heterocycles. The molecule has 130 valence electrons. The maximum atomic E-state index is 12.0. The van der Waals surface area contributed by atoms with E-state index in [0.29, 0.717) is 24.3 Å². The number of halogens is 2. The molecule has 6 nitrogen and oxygen atoms in total. The Labute approximate surface area is 149 Å². The average molecular weight is 363 g/mol. The van der Waals surface area contributed by atoms with Gasteiger partial charge >= 0.3 is 0 Å². The number of hydrogen-bond acceptors (Lipinski definition) is 4. The van der Waals surface area contributed by atoms with Gasteiger partial charge < -0.3 is 16.0 Å². The molecule has 0 saturated carbocycles. The number of carbonyl (C=O) groups is 2. The van der Waals surface area contributed by atoms with Crippen LogP contribution in [-0.4, -0.2) is 56.0 Å². The van der Waals surface area contributed by atoms with E-state index in [4.69, 9.17) is 0 Å². The molecule has 1 aliphatic rings. The van der Waals surface area contributed by atoms with Crippen LogP contribution in [-0.2, 0) is 4.79 Å². The van der Waals surface area contributed by atoms with Gasteiger partial charge in [0, 0.05) is 44.0 Å². The highest BCUT2D eigenvalue weighted by atomic mass is 35.5. The Morgan fingerprint density at radius 1 is 1.22 bits per heavy atom. The lowest BCUT2D eigenvalue weighted by atomic mass is 10.2. The van der Waals surface area contributed by atoms with E-state index in [-0.39, 0.29) is 36.6 Å². The van der Waals surface area contributed by atoms with E-state index in [2.05, 4.69) is 20.9 Å². The Balaban J connectivity index is 0.00000242. The number of nitrogens with one attached hydrogen (secondary N) is 3. The zero-order valence-electron chi connectivity index (χ0n) is 13.1. The van der Waals surface area contributed by atoms with Gasteiger partial charge in [-0.2, -0.15) is 0 Å². The first kappa shape index (κ1) is 21.7. The molecule has 1 aromatic rings. The molecular formula is C15H24Cl2N4O2. The highest BCUT2D eigenvalue weighted by Gasteiger charge is 2.14. The van der Waals surface area contributed by atoms with E-state index in [9.17, 15) is 9.59 Å². The van der Waals surface area contributed by atoms with Gasteiger partial charge in [0.25, 0.3) is 5.91 Å². The van der Waals surface area contributed by atoms with Crippen LogP contribution < -0.4 is 16.0 Å². The molecule has 0 unspecified atom stereocenters. The van der Waals surface area contributed by atoms with Crippen LogP contribution in [0.5, 0.6) is 0 Å². The lowest BCUT2D eigenvalue weighted by molar-refractivity contribution is -0.117. The number of carbonyl (C=O) groups excluding carboxylic acids is 2. The Morgan fingerprint density at radius 2 is 1.91 bits per heavy atom. The van der Waals surface area contributed by atoms with E-state index in [1.165, 1.54) is 0 Å². The van der Waals surface area contributed by atoms with Gasteiger partial charge in [-0.05, 0) is 25.1 Å². The first-order valence-corrected chi connectivity index (χ1v) is 7.30. The molecular weight excluding hydrogens is 339 g/mol. The molecule has 0 atom stereocenters. The maximum Gasteiger partial charge on any atom is 0.251 e. The third-order valence-electron chi connectivity index (χ3n) is 3.32. The van der Waals surface area contributed by atoms with Crippen molar-refractivity contribution in [3.8, 4) is 0 Å². The molecule has 0 aliphatic carbocycles. The van der Waals surface area contributed by atoms with E-state index < -0.39 is 0 Å². The van der Waals surface area contributed by atoms with E-state index in [1.54, 1.807) is 24.3 Å². The summed E-state index contributed by atoms with van der Waals surface area (Å²) in [7, 11) is 0. The Bertz CT molecular complexity index is 508. The lowest BCUT2D eigenvalue weighted by Crippen LogP contribution is -2.46. The second kappa shape index (κ2) is 11.2. The van der Waals surface area contributed by atoms with Crippen molar-refractivity contribution in [3.05, 3.63) is 29.8 Å². The summed E-state index contributed by atoms with van der Waals surface area (Å²) in [5.74, 6) is -0.180. The summed E-state index contributed by atoms with van der Waals surface area (Å²) in [6.45, 7) is 6.43. The number of rotatable bonds is 5. The highest BCUT2D eigenvalue weighted by Crippen LogP contribution is 2.10. The van der Waals surface area contributed by atoms with E-state index >= 15 is 0 Å². The number of hydrogen-bond donors (Lipinski definition) is 3. The van der Waals surface area contributed by atoms with Gasteiger partial charge in [0.05, 0.1) is 6.54 Å². The molecule has 1 heterocycles. The van der Waals surface area contributed by atoms with Crippen LogP contribution in [0.25, 0.3) is 0 Å². The molecule has 3 N–H and O–H groups in total. The second-order valence-electron chi connectivity index (χ2n) is 5.01.